The van der Waals surface area contributed by atoms with E-state index in [1.807, 2.05) is 0 Å². The molecule has 2 amide bonds. The van der Waals surface area contributed by atoms with Gasteiger partial charge in [-0.3, -0.25) is 13.9 Å². The van der Waals surface area contributed by atoms with E-state index in [4.69, 9.17) is 4.74 Å². The Balaban J connectivity index is 1.66. The molecule has 0 radical (unpaired) electrons. The molecule has 0 unspecified atom stereocenters. The van der Waals surface area contributed by atoms with E-state index in [1.165, 1.54) is 53.9 Å². The highest BCUT2D eigenvalue weighted by Gasteiger charge is 2.28. The van der Waals surface area contributed by atoms with Gasteiger partial charge in [-0.2, -0.15) is 0 Å². The molecule has 0 saturated carbocycles. The van der Waals surface area contributed by atoms with Crippen molar-refractivity contribution < 1.29 is 27.1 Å². The Kier molecular flexibility index (Phi) is 6.56. The number of benzene rings is 2. The lowest BCUT2D eigenvalue weighted by Gasteiger charge is -2.29. The fraction of sp³-hybridized carbons (Fsp3) is 0.300. The minimum atomic E-state index is -3.42. The molecule has 1 fully saturated rings. The van der Waals surface area contributed by atoms with E-state index in [0.717, 1.165) is 6.42 Å². The molecule has 2 N–H and O–H groups in total. The van der Waals surface area contributed by atoms with E-state index in [-0.39, 0.29) is 23.7 Å². The van der Waals surface area contributed by atoms with Gasteiger partial charge in [-0.25, -0.2) is 12.8 Å². The average Bonchev–Trinajstić information content (AvgIpc) is 2.73. The number of nitrogens with zero attached hydrogens (tertiary/aromatic N) is 1. The summed E-state index contributed by atoms with van der Waals surface area (Å²) in [6.07, 6.45) is 1.36. The largest absolute Gasteiger partial charge is 0.494 e. The van der Waals surface area contributed by atoms with Crippen molar-refractivity contribution in [1.29, 1.82) is 0 Å². The number of rotatable bonds is 5. The molecule has 2 aromatic carbocycles. The molecule has 3 rings (SSSR count). The van der Waals surface area contributed by atoms with Crippen molar-refractivity contribution in [3.05, 3.63) is 53.8 Å². The molecule has 1 saturated heterocycles. The summed E-state index contributed by atoms with van der Waals surface area (Å²) in [6, 6.07) is 10.0. The Morgan fingerprint density at radius 2 is 1.83 bits per heavy atom. The second kappa shape index (κ2) is 9.12. The van der Waals surface area contributed by atoms with Gasteiger partial charge < -0.3 is 15.4 Å². The van der Waals surface area contributed by atoms with Crippen molar-refractivity contribution in [3.8, 4) is 5.75 Å². The topological polar surface area (TPSA) is 105 Å². The lowest BCUT2D eigenvalue weighted by atomic mass is 10.2. The van der Waals surface area contributed by atoms with Gasteiger partial charge in [0.25, 0.3) is 0 Å². The first-order valence-corrected chi connectivity index (χ1v) is 10.9. The highest BCUT2D eigenvalue weighted by Crippen LogP contribution is 2.34. The second-order valence-electron chi connectivity index (χ2n) is 6.75. The van der Waals surface area contributed by atoms with Crippen LogP contribution in [0, 0.1) is 5.82 Å². The summed E-state index contributed by atoms with van der Waals surface area (Å²) in [5, 5.41) is 4.90. The molecule has 8 nitrogen and oxygen atoms in total. The van der Waals surface area contributed by atoms with Crippen LogP contribution in [0.15, 0.2) is 42.5 Å². The lowest BCUT2D eigenvalue weighted by molar-refractivity contribution is -0.136. The van der Waals surface area contributed by atoms with E-state index >= 15 is 0 Å². The number of hydrogen-bond donors (Lipinski definition) is 2. The number of amides is 2. The Morgan fingerprint density at radius 3 is 2.50 bits per heavy atom. The summed E-state index contributed by atoms with van der Waals surface area (Å²) in [7, 11) is -2.02. The summed E-state index contributed by atoms with van der Waals surface area (Å²) in [5.74, 6) is -1.80. The van der Waals surface area contributed by atoms with Crippen molar-refractivity contribution in [2.24, 2.45) is 0 Å². The van der Waals surface area contributed by atoms with E-state index in [2.05, 4.69) is 10.6 Å². The van der Waals surface area contributed by atoms with Gasteiger partial charge in [0.15, 0.2) is 0 Å². The fourth-order valence-corrected chi connectivity index (χ4v) is 4.72. The number of anilines is 2. The molecule has 10 heteroatoms. The van der Waals surface area contributed by atoms with Crippen molar-refractivity contribution in [2.45, 2.75) is 19.4 Å². The third-order valence-corrected chi connectivity index (χ3v) is 6.48. The summed E-state index contributed by atoms with van der Waals surface area (Å²) in [6.45, 7) is 0.428. The quantitative estimate of drug-likeness (QED) is 0.700. The van der Waals surface area contributed by atoms with Crippen LogP contribution in [0.5, 0.6) is 5.75 Å². The van der Waals surface area contributed by atoms with Crippen LogP contribution in [0.1, 0.15) is 18.4 Å². The molecule has 30 heavy (non-hydrogen) atoms. The monoisotopic (exact) mass is 435 g/mol. The number of nitrogens with one attached hydrogen (secondary N) is 2. The van der Waals surface area contributed by atoms with Gasteiger partial charge in [-0.1, -0.05) is 12.1 Å². The maximum Gasteiger partial charge on any atom is 0.313 e. The summed E-state index contributed by atoms with van der Waals surface area (Å²) < 4.78 is 44.2. The van der Waals surface area contributed by atoms with Crippen LogP contribution >= 0.6 is 0 Å². The van der Waals surface area contributed by atoms with Gasteiger partial charge in [0, 0.05) is 24.8 Å². The molecule has 160 valence electrons. The van der Waals surface area contributed by atoms with Crippen LogP contribution in [-0.4, -0.2) is 39.6 Å². The van der Waals surface area contributed by atoms with Crippen LogP contribution in [0.4, 0.5) is 15.8 Å². The van der Waals surface area contributed by atoms with Gasteiger partial charge in [0.2, 0.25) is 10.0 Å². The van der Waals surface area contributed by atoms with Gasteiger partial charge in [0.1, 0.15) is 11.6 Å². The predicted octanol–water partition coefficient (Wildman–Crippen LogP) is 2.02. The minimum absolute atomic E-state index is 0.0710. The number of halogens is 1. The van der Waals surface area contributed by atoms with E-state index in [9.17, 15) is 22.4 Å². The Bertz CT molecular complexity index is 1040. The molecule has 1 aliphatic rings. The zero-order chi connectivity index (χ0) is 21.7. The normalized spacial score (nSPS) is 15.3. The van der Waals surface area contributed by atoms with Crippen LogP contribution in [-0.2, 0) is 26.2 Å². The van der Waals surface area contributed by atoms with Gasteiger partial charge in [0.05, 0.1) is 18.6 Å². The van der Waals surface area contributed by atoms with E-state index in [1.54, 1.807) is 0 Å². The Hall–Kier alpha value is -3.14. The van der Waals surface area contributed by atoms with Crippen LogP contribution < -0.4 is 19.7 Å². The first-order chi connectivity index (χ1) is 14.3. The van der Waals surface area contributed by atoms with Crippen molar-refractivity contribution in [3.63, 3.8) is 0 Å². The first-order valence-electron chi connectivity index (χ1n) is 9.32. The van der Waals surface area contributed by atoms with Crippen LogP contribution in [0.3, 0.4) is 0 Å². The molecule has 0 bridgehead atoms. The minimum Gasteiger partial charge on any atom is -0.494 e. The lowest BCUT2D eigenvalue weighted by Crippen LogP contribution is -2.38. The smallest absolute Gasteiger partial charge is 0.313 e. The summed E-state index contributed by atoms with van der Waals surface area (Å²) in [5.41, 5.74) is 1.31. The Morgan fingerprint density at radius 1 is 1.10 bits per heavy atom. The predicted molar refractivity (Wildman–Crippen MR) is 110 cm³/mol. The van der Waals surface area contributed by atoms with Gasteiger partial charge in [-0.05, 0) is 42.7 Å². The van der Waals surface area contributed by atoms with E-state index in [0.29, 0.717) is 24.2 Å². The maximum atomic E-state index is 12.9. The Labute approximate surface area is 174 Å². The van der Waals surface area contributed by atoms with Crippen molar-refractivity contribution >= 4 is 33.2 Å². The van der Waals surface area contributed by atoms with Crippen LogP contribution in [0.25, 0.3) is 0 Å². The number of carbonyl (C=O) groups excluding carboxylic acids is 2. The highest BCUT2D eigenvalue weighted by atomic mass is 32.2. The van der Waals surface area contributed by atoms with E-state index < -0.39 is 27.7 Å². The zero-order valence-corrected chi connectivity index (χ0v) is 17.2. The third-order valence-electron chi connectivity index (χ3n) is 4.63. The van der Waals surface area contributed by atoms with Gasteiger partial charge >= 0.3 is 11.8 Å². The molecule has 0 spiro atoms. The third kappa shape index (κ3) is 5.07. The van der Waals surface area contributed by atoms with Crippen LogP contribution in [0.2, 0.25) is 0 Å². The molecule has 2 aromatic rings. The molecule has 1 heterocycles. The average molecular weight is 435 g/mol. The molecular formula is C20H22FN3O5S. The highest BCUT2D eigenvalue weighted by molar-refractivity contribution is 7.92. The molecular weight excluding hydrogens is 413 g/mol. The fourth-order valence-electron chi connectivity index (χ4n) is 3.07. The standard InChI is InChI=1S/C20H22FN3O5S/c1-29-18-12-16(8-9-17(18)24-10-2-3-11-30(24,27)28)23-20(26)19(25)22-13-14-4-6-15(21)7-5-14/h4-9,12H,2-3,10-11,13H2,1H3,(H,22,25)(H,23,26). The van der Waals surface area contributed by atoms with Crippen molar-refractivity contribution in [2.75, 3.05) is 29.0 Å². The molecule has 0 aromatic heterocycles. The second-order valence-corrected chi connectivity index (χ2v) is 8.76. The molecule has 0 atom stereocenters. The number of methoxy groups -OCH3 is 1. The van der Waals surface area contributed by atoms with Crippen molar-refractivity contribution in [1.82, 2.24) is 5.32 Å². The number of hydrogen-bond acceptors (Lipinski definition) is 5. The number of ether oxygens (including phenoxy) is 1. The first kappa shape index (κ1) is 21.6. The maximum absolute atomic E-state index is 12.9. The summed E-state index contributed by atoms with van der Waals surface area (Å²) in [4.78, 5) is 24.2. The van der Waals surface area contributed by atoms with Gasteiger partial charge in [-0.15, -0.1) is 0 Å². The SMILES string of the molecule is COc1cc(NC(=O)C(=O)NCc2ccc(F)cc2)ccc1N1CCCCS1(=O)=O. The molecule has 1 aliphatic heterocycles. The molecule has 0 aliphatic carbocycles. The number of carbonyl (C=O) groups is 2. The zero-order valence-electron chi connectivity index (χ0n) is 16.4. The summed E-state index contributed by atoms with van der Waals surface area (Å²) >= 11 is 0. The number of sulfonamides is 1.